The molecule has 0 aliphatic carbocycles. The minimum absolute atomic E-state index is 0.00835. The van der Waals surface area contributed by atoms with E-state index in [-0.39, 0.29) is 30.9 Å². The molecule has 0 saturated carbocycles. The van der Waals surface area contributed by atoms with E-state index in [0.717, 1.165) is 24.0 Å². The highest BCUT2D eigenvalue weighted by molar-refractivity contribution is 6.32. The lowest BCUT2D eigenvalue weighted by Crippen LogP contribution is -2.51. The molecule has 0 bridgehead atoms. The minimum Gasteiger partial charge on any atom is -0.493 e. The number of likely N-dealkylation sites (tertiary alicyclic amines) is 2. The number of hydrogen-bond acceptors (Lipinski definition) is 4. The van der Waals surface area contributed by atoms with Crippen LogP contribution in [0.4, 0.5) is 4.39 Å². The molecule has 0 aromatic heterocycles. The maximum absolute atomic E-state index is 13.8. The first-order valence-electron chi connectivity index (χ1n) is 12.6. The average Bonchev–Trinajstić information content (AvgIpc) is 2.86. The zero-order chi connectivity index (χ0) is 25.9. The molecule has 2 aromatic rings. The SMILES string of the molecule is Cc1cc(OC[C@@]2(CC(=O)N3CCC(O)CC3)CCCN(C(=O)c3cccc(F)c3)C2)cc(C)c1Cl. The molecule has 0 unspecified atom stereocenters. The molecule has 4 rings (SSSR count). The molecular formula is C28H34ClFN2O4. The van der Waals surface area contributed by atoms with Crippen molar-refractivity contribution in [2.45, 2.75) is 52.1 Å². The maximum Gasteiger partial charge on any atom is 0.253 e. The summed E-state index contributed by atoms with van der Waals surface area (Å²) >= 11 is 6.32. The summed E-state index contributed by atoms with van der Waals surface area (Å²) in [7, 11) is 0. The molecule has 36 heavy (non-hydrogen) atoms. The van der Waals surface area contributed by atoms with Crippen LogP contribution in [0.15, 0.2) is 36.4 Å². The Morgan fingerprint density at radius 1 is 1.11 bits per heavy atom. The molecule has 2 aliphatic heterocycles. The number of halogens is 2. The summed E-state index contributed by atoms with van der Waals surface area (Å²) in [5.41, 5.74) is 1.54. The van der Waals surface area contributed by atoms with Gasteiger partial charge in [-0.1, -0.05) is 17.7 Å². The summed E-state index contributed by atoms with van der Waals surface area (Å²) in [6, 6.07) is 9.47. The Morgan fingerprint density at radius 2 is 1.81 bits per heavy atom. The summed E-state index contributed by atoms with van der Waals surface area (Å²) in [6.45, 7) is 6.05. The van der Waals surface area contributed by atoms with E-state index in [1.807, 2.05) is 26.0 Å². The van der Waals surface area contributed by atoms with Gasteiger partial charge in [-0.3, -0.25) is 9.59 Å². The molecule has 8 heteroatoms. The normalized spacial score (nSPS) is 20.9. The molecule has 2 aromatic carbocycles. The Kier molecular flexibility index (Phi) is 8.20. The van der Waals surface area contributed by atoms with Gasteiger partial charge in [0.25, 0.3) is 5.91 Å². The van der Waals surface area contributed by atoms with Gasteiger partial charge in [-0.2, -0.15) is 0 Å². The molecule has 0 spiro atoms. The molecule has 2 saturated heterocycles. The molecule has 2 heterocycles. The van der Waals surface area contributed by atoms with Crippen LogP contribution in [0, 0.1) is 25.1 Å². The van der Waals surface area contributed by atoms with Gasteiger partial charge >= 0.3 is 0 Å². The summed E-state index contributed by atoms with van der Waals surface area (Å²) in [5.74, 6) is -0.0152. The largest absolute Gasteiger partial charge is 0.493 e. The van der Waals surface area contributed by atoms with Crippen molar-refractivity contribution >= 4 is 23.4 Å². The molecule has 2 amide bonds. The van der Waals surface area contributed by atoms with Crippen LogP contribution in [0.5, 0.6) is 5.75 Å². The molecule has 2 aliphatic rings. The van der Waals surface area contributed by atoms with E-state index in [0.29, 0.717) is 55.4 Å². The minimum atomic E-state index is -0.587. The Morgan fingerprint density at radius 3 is 2.47 bits per heavy atom. The second-order valence-corrected chi connectivity index (χ2v) is 10.7. The van der Waals surface area contributed by atoms with E-state index in [1.54, 1.807) is 15.9 Å². The van der Waals surface area contributed by atoms with E-state index < -0.39 is 11.2 Å². The third-order valence-electron chi connectivity index (χ3n) is 7.32. The van der Waals surface area contributed by atoms with E-state index in [9.17, 15) is 19.1 Å². The first kappa shape index (κ1) is 26.4. The van der Waals surface area contributed by atoms with Gasteiger partial charge in [0.2, 0.25) is 5.91 Å². The third kappa shape index (κ3) is 6.19. The monoisotopic (exact) mass is 516 g/mol. The molecule has 2 fully saturated rings. The van der Waals surface area contributed by atoms with Crippen LogP contribution in [0.3, 0.4) is 0 Å². The van der Waals surface area contributed by atoms with Crippen LogP contribution >= 0.6 is 11.6 Å². The second-order valence-electron chi connectivity index (χ2n) is 10.3. The summed E-state index contributed by atoms with van der Waals surface area (Å²) in [4.78, 5) is 30.1. The zero-order valence-electron chi connectivity index (χ0n) is 20.9. The predicted molar refractivity (Wildman–Crippen MR) is 137 cm³/mol. The van der Waals surface area contributed by atoms with Gasteiger partial charge in [-0.25, -0.2) is 4.39 Å². The molecular weight excluding hydrogens is 483 g/mol. The quantitative estimate of drug-likeness (QED) is 0.600. The molecule has 194 valence electrons. The van der Waals surface area contributed by atoms with E-state index >= 15 is 0 Å². The lowest BCUT2D eigenvalue weighted by atomic mass is 9.77. The van der Waals surface area contributed by atoms with Gasteiger partial charge in [0.1, 0.15) is 11.6 Å². The first-order chi connectivity index (χ1) is 17.2. The van der Waals surface area contributed by atoms with Crippen molar-refractivity contribution in [3.05, 3.63) is 63.9 Å². The van der Waals surface area contributed by atoms with Crippen LogP contribution < -0.4 is 4.74 Å². The molecule has 1 atom stereocenters. The van der Waals surface area contributed by atoms with Crippen LogP contribution in [0.1, 0.15) is 53.6 Å². The summed E-state index contributed by atoms with van der Waals surface area (Å²) in [5, 5.41) is 10.5. The third-order valence-corrected chi connectivity index (χ3v) is 7.91. The Labute approximate surface area is 217 Å². The van der Waals surface area contributed by atoms with Crippen molar-refractivity contribution in [2.24, 2.45) is 5.41 Å². The lowest BCUT2D eigenvalue weighted by Gasteiger charge is -2.43. The number of amides is 2. The van der Waals surface area contributed by atoms with Gasteiger partial charge in [0, 0.05) is 48.6 Å². The number of ether oxygens (including phenoxy) is 1. The fraction of sp³-hybridized carbons (Fsp3) is 0.500. The fourth-order valence-corrected chi connectivity index (χ4v) is 5.38. The molecule has 6 nitrogen and oxygen atoms in total. The number of piperidine rings is 2. The Bertz CT molecular complexity index is 1100. The number of aliphatic hydroxyl groups excluding tert-OH is 1. The van der Waals surface area contributed by atoms with Crippen molar-refractivity contribution in [1.82, 2.24) is 9.80 Å². The van der Waals surface area contributed by atoms with Crippen LogP contribution in [-0.2, 0) is 4.79 Å². The van der Waals surface area contributed by atoms with Gasteiger partial charge in [0.15, 0.2) is 0 Å². The highest BCUT2D eigenvalue weighted by atomic mass is 35.5. The molecule has 1 N–H and O–H groups in total. The number of aliphatic hydroxyl groups is 1. The van der Waals surface area contributed by atoms with Gasteiger partial charge in [-0.05, 0) is 81.0 Å². The highest BCUT2D eigenvalue weighted by Gasteiger charge is 2.41. The zero-order valence-corrected chi connectivity index (χ0v) is 21.7. The number of hydrogen-bond donors (Lipinski definition) is 1. The van der Waals surface area contributed by atoms with Crippen LogP contribution in [-0.4, -0.2) is 65.6 Å². The average molecular weight is 517 g/mol. The topological polar surface area (TPSA) is 70.1 Å². The Balaban J connectivity index is 1.55. The maximum atomic E-state index is 13.8. The number of carbonyl (C=O) groups is 2. The number of nitrogens with zero attached hydrogens (tertiary/aromatic N) is 2. The van der Waals surface area contributed by atoms with Crippen molar-refractivity contribution in [3.8, 4) is 5.75 Å². The van der Waals surface area contributed by atoms with Crippen molar-refractivity contribution < 1.29 is 23.8 Å². The second kappa shape index (κ2) is 11.2. The van der Waals surface area contributed by atoms with E-state index in [4.69, 9.17) is 16.3 Å². The van der Waals surface area contributed by atoms with Gasteiger partial charge in [0.05, 0.1) is 12.7 Å². The number of aryl methyl sites for hydroxylation is 2. The van der Waals surface area contributed by atoms with Crippen molar-refractivity contribution in [3.63, 3.8) is 0 Å². The van der Waals surface area contributed by atoms with Gasteiger partial charge < -0.3 is 19.6 Å². The lowest BCUT2D eigenvalue weighted by molar-refractivity contribution is -0.137. The highest BCUT2D eigenvalue weighted by Crippen LogP contribution is 2.37. The number of rotatable bonds is 6. The van der Waals surface area contributed by atoms with Crippen molar-refractivity contribution in [2.75, 3.05) is 32.8 Å². The fourth-order valence-electron chi connectivity index (χ4n) is 5.27. The van der Waals surface area contributed by atoms with Gasteiger partial charge in [-0.15, -0.1) is 0 Å². The molecule has 0 radical (unpaired) electrons. The smallest absolute Gasteiger partial charge is 0.253 e. The summed E-state index contributed by atoms with van der Waals surface area (Å²) < 4.78 is 20.0. The van der Waals surface area contributed by atoms with Crippen LogP contribution in [0.25, 0.3) is 0 Å². The number of benzene rings is 2. The predicted octanol–water partition coefficient (Wildman–Crippen LogP) is 4.77. The standard InChI is InChI=1S/C28H34ClFN2O4/c1-19-13-24(14-20(2)26(19)29)36-18-28(16-25(34)31-11-7-23(33)8-12-31)9-4-10-32(17-28)27(35)21-5-3-6-22(30)15-21/h3,5-6,13-15,23,33H,4,7-12,16-18H2,1-2H3/t28-/m1/s1. The first-order valence-corrected chi connectivity index (χ1v) is 12.9. The summed E-state index contributed by atoms with van der Waals surface area (Å²) in [6.07, 6.45) is 2.47. The number of carbonyl (C=O) groups excluding carboxylic acids is 2. The van der Waals surface area contributed by atoms with Crippen LogP contribution in [0.2, 0.25) is 5.02 Å². The van der Waals surface area contributed by atoms with Crippen molar-refractivity contribution in [1.29, 1.82) is 0 Å². The van der Waals surface area contributed by atoms with E-state index in [2.05, 4.69) is 0 Å². The Hall–Kier alpha value is -2.64. The van der Waals surface area contributed by atoms with E-state index in [1.165, 1.54) is 18.2 Å².